The van der Waals surface area contributed by atoms with Gasteiger partial charge in [0.15, 0.2) is 5.76 Å². The van der Waals surface area contributed by atoms with Gasteiger partial charge >= 0.3 is 0 Å². The van der Waals surface area contributed by atoms with Crippen molar-refractivity contribution >= 4 is 45.2 Å². The number of halogens is 2. The number of carbonyl (C=O) groups is 1. The quantitative estimate of drug-likeness (QED) is 0.864. The zero-order valence-corrected chi connectivity index (χ0v) is 13.9. The topological polar surface area (TPSA) is 54.3 Å². The first kappa shape index (κ1) is 16.3. The summed E-state index contributed by atoms with van der Waals surface area (Å²) in [7, 11) is 0. The SMILES string of the molecule is Cl.O=C(NCCC1CCNC1)c1cc2cc(Br)ccc2o1. The van der Waals surface area contributed by atoms with Gasteiger partial charge in [-0.1, -0.05) is 15.9 Å². The van der Waals surface area contributed by atoms with Gasteiger partial charge in [0.25, 0.3) is 5.91 Å². The first-order valence-electron chi connectivity index (χ1n) is 6.90. The van der Waals surface area contributed by atoms with Crippen molar-refractivity contribution in [3.05, 3.63) is 34.5 Å². The van der Waals surface area contributed by atoms with Crippen LogP contribution in [0.5, 0.6) is 0 Å². The number of benzene rings is 1. The molecule has 2 heterocycles. The normalized spacial score (nSPS) is 17.7. The largest absolute Gasteiger partial charge is 0.451 e. The van der Waals surface area contributed by atoms with Crippen LogP contribution in [-0.2, 0) is 0 Å². The monoisotopic (exact) mass is 372 g/mol. The molecule has 21 heavy (non-hydrogen) atoms. The number of furan rings is 1. The lowest BCUT2D eigenvalue weighted by atomic mass is 10.1. The first-order chi connectivity index (χ1) is 9.72. The Hall–Kier alpha value is -1.04. The second-order valence-electron chi connectivity index (χ2n) is 5.20. The lowest BCUT2D eigenvalue weighted by Crippen LogP contribution is -2.26. The van der Waals surface area contributed by atoms with Gasteiger partial charge in [-0.05, 0) is 56.1 Å². The van der Waals surface area contributed by atoms with Crippen LogP contribution in [0.1, 0.15) is 23.4 Å². The Kier molecular flexibility index (Phi) is 5.67. The van der Waals surface area contributed by atoms with Gasteiger partial charge < -0.3 is 15.1 Å². The van der Waals surface area contributed by atoms with E-state index < -0.39 is 0 Å². The van der Waals surface area contributed by atoms with Crippen LogP contribution in [0.4, 0.5) is 0 Å². The smallest absolute Gasteiger partial charge is 0.287 e. The van der Waals surface area contributed by atoms with E-state index in [-0.39, 0.29) is 18.3 Å². The molecule has 1 aromatic carbocycles. The minimum atomic E-state index is -0.136. The van der Waals surface area contributed by atoms with Crippen molar-refractivity contribution in [3.63, 3.8) is 0 Å². The molecular weight excluding hydrogens is 356 g/mol. The molecule has 1 aliphatic rings. The minimum Gasteiger partial charge on any atom is -0.451 e. The predicted molar refractivity (Wildman–Crippen MR) is 89.1 cm³/mol. The third kappa shape index (κ3) is 3.99. The second-order valence-corrected chi connectivity index (χ2v) is 6.11. The molecule has 4 nitrogen and oxygen atoms in total. The minimum absolute atomic E-state index is 0. The van der Waals surface area contributed by atoms with Gasteiger partial charge in [-0.15, -0.1) is 12.4 Å². The highest BCUT2D eigenvalue weighted by Crippen LogP contribution is 2.23. The summed E-state index contributed by atoms with van der Waals surface area (Å²) in [5.74, 6) is 0.924. The average Bonchev–Trinajstić information content (AvgIpc) is 3.06. The Bertz CT molecular complexity index is 623. The second kappa shape index (κ2) is 7.29. The summed E-state index contributed by atoms with van der Waals surface area (Å²) in [6.45, 7) is 2.86. The molecule has 0 radical (unpaired) electrons. The van der Waals surface area contributed by atoms with Crippen LogP contribution in [-0.4, -0.2) is 25.5 Å². The van der Waals surface area contributed by atoms with Crippen molar-refractivity contribution in [1.82, 2.24) is 10.6 Å². The van der Waals surface area contributed by atoms with Crippen molar-refractivity contribution in [2.24, 2.45) is 5.92 Å². The molecule has 1 saturated heterocycles. The Morgan fingerprint density at radius 2 is 2.29 bits per heavy atom. The van der Waals surface area contributed by atoms with Crippen molar-refractivity contribution in [2.75, 3.05) is 19.6 Å². The number of carbonyl (C=O) groups excluding carboxylic acids is 1. The number of nitrogens with one attached hydrogen (secondary N) is 2. The summed E-state index contributed by atoms with van der Waals surface area (Å²) in [5, 5.41) is 7.19. The van der Waals surface area contributed by atoms with Crippen molar-refractivity contribution < 1.29 is 9.21 Å². The number of amides is 1. The van der Waals surface area contributed by atoms with Gasteiger partial charge in [0.1, 0.15) is 5.58 Å². The Morgan fingerprint density at radius 3 is 3.05 bits per heavy atom. The van der Waals surface area contributed by atoms with Crippen LogP contribution in [0.2, 0.25) is 0 Å². The highest BCUT2D eigenvalue weighted by atomic mass is 79.9. The molecule has 1 amide bonds. The van der Waals surface area contributed by atoms with Gasteiger partial charge in [-0.3, -0.25) is 4.79 Å². The lowest BCUT2D eigenvalue weighted by molar-refractivity contribution is 0.0926. The molecule has 1 aliphatic heterocycles. The average molecular weight is 374 g/mol. The van der Waals surface area contributed by atoms with E-state index in [0.717, 1.165) is 35.0 Å². The predicted octanol–water partition coefficient (Wildman–Crippen LogP) is 3.35. The molecule has 3 rings (SSSR count). The first-order valence-corrected chi connectivity index (χ1v) is 7.70. The molecular formula is C15H18BrClN2O2. The molecule has 1 unspecified atom stereocenters. The van der Waals surface area contributed by atoms with Crippen LogP contribution < -0.4 is 10.6 Å². The fourth-order valence-corrected chi connectivity index (χ4v) is 2.94. The molecule has 0 bridgehead atoms. The summed E-state index contributed by atoms with van der Waals surface area (Å²) >= 11 is 3.41. The van der Waals surface area contributed by atoms with Crippen molar-refractivity contribution in [2.45, 2.75) is 12.8 Å². The maximum atomic E-state index is 12.0. The van der Waals surface area contributed by atoms with E-state index >= 15 is 0 Å². The number of fused-ring (bicyclic) bond motifs is 1. The molecule has 114 valence electrons. The highest BCUT2D eigenvalue weighted by Gasteiger charge is 2.16. The molecule has 0 aliphatic carbocycles. The van der Waals surface area contributed by atoms with Crippen LogP contribution >= 0.6 is 28.3 Å². The van der Waals surface area contributed by atoms with E-state index in [4.69, 9.17) is 4.42 Å². The fourth-order valence-electron chi connectivity index (χ4n) is 2.56. The van der Waals surface area contributed by atoms with Crippen LogP contribution in [0.3, 0.4) is 0 Å². The van der Waals surface area contributed by atoms with Crippen molar-refractivity contribution in [1.29, 1.82) is 0 Å². The van der Waals surface area contributed by atoms with Crippen LogP contribution in [0, 0.1) is 5.92 Å². The number of hydrogen-bond acceptors (Lipinski definition) is 3. The Balaban J connectivity index is 0.00000161. The van der Waals surface area contributed by atoms with Crippen LogP contribution in [0.15, 0.2) is 33.2 Å². The maximum absolute atomic E-state index is 12.0. The zero-order valence-electron chi connectivity index (χ0n) is 11.5. The summed E-state index contributed by atoms with van der Waals surface area (Å²) in [5.41, 5.74) is 0.735. The van der Waals surface area contributed by atoms with Gasteiger partial charge in [-0.2, -0.15) is 0 Å². The molecule has 1 aromatic heterocycles. The Labute approximate surface area is 138 Å². The fraction of sp³-hybridized carbons (Fsp3) is 0.400. The molecule has 6 heteroatoms. The van der Waals surface area contributed by atoms with Crippen molar-refractivity contribution in [3.8, 4) is 0 Å². The van der Waals surface area contributed by atoms with Gasteiger partial charge in [0.2, 0.25) is 0 Å². The third-order valence-electron chi connectivity index (χ3n) is 3.70. The van der Waals surface area contributed by atoms with Gasteiger partial charge in [-0.25, -0.2) is 0 Å². The summed E-state index contributed by atoms with van der Waals surface area (Å²) in [6.07, 6.45) is 2.22. The Morgan fingerprint density at radius 1 is 1.43 bits per heavy atom. The van der Waals surface area contributed by atoms with Crippen LogP contribution in [0.25, 0.3) is 11.0 Å². The number of hydrogen-bond donors (Lipinski definition) is 2. The van der Waals surface area contributed by atoms with E-state index in [9.17, 15) is 4.79 Å². The van der Waals surface area contributed by atoms with E-state index in [1.807, 2.05) is 18.2 Å². The molecule has 2 N–H and O–H groups in total. The molecule has 0 saturated carbocycles. The summed E-state index contributed by atoms with van der Waals surface area (Å²) in [4.78, 5) is 12.0. The molecule has 2 aromatic rings. The van der Waals surface area contributed by atoms with Gasteiger partial charge in [0.05, 0.1) is 0 Å². The van der Waals surface area contributed by atoms with E-state index in [0.29, 0.717) is 18.2 Å². The molecule has 0 spiro atoms. The molecule has 1 fully saturated rings. The van der Waals surface area contributed by atoms with E-state index in [1.54, 1.807) is 6.07 Å². The summed E-state index contributed by atoms with van der Waals surface area (Å²) in [6, 6.07) is 7.49. The standard InChI is InChI=1S/C15H17BrN2O2.ClH/c16-12-1-2-13-11(7-12)8-14(20-13)15(19)18-6-4-10-3-5-17-9-10;/h1-2,7-8,10,17H,3-6,9H2,(H,18,19);1H. The lowest BCUT2D eigenvalue weighted by Gasteiger charge is -2.08. The zero-order chi connectivity index (χ0) is 13.9. The highest BCUT2D eigenvalue weighted by molar-refractivity contribution is 9.10. The van der Waals surface area contributed by atoms with Gasteiger partial charge in [0, 0.05) is 16.4 Å². The number of rotatable bonds is 4. The van der Waals surface area contributed by atoms with E-state index in [2.05, 4.69) is 26.6 Å². The van der Waals surface area contributed by atoms with E-state index in [1.165, 1.54) is 6.42 Å². The summed E-state index contributed by atoms with van der Waals surface area (Å²) < 4.78 is 6.54. The third-order valence-corrected chi connectivity index (χ3v) is 4.20. The maximum Gasteiger partial charge on any atom is 0.287 e. The molecule has 1 atom stereocenters.